The predicted octanol–water partition coefficient (Wildman–Crippen LogP) is 2.98. The maximum absolute atomic E-state index is 12.5. The van der Waals surface area contributed by atoms with Crippen LogP contribution in [-0.2, 0) is 6.18 Å². The number of hydrogen-bond donors (Lipinski definition) is 1. The van der Waals surface area contributed by atoms with E-state index in [9.17, 15) is 13.2 Å². The normalized spacial score (nSPS) is 16.7. The highest BCUT2D eigenvalue weighted by molar-refractivity contribution is 6.33. The summed E-state index contributed by atoms with van der Waals surface area (Å²) in [6.45, 7) is 3.11. The summed E-state index contributed by atoms with van der Waals surface area (Å²) in [4.78, 5) is 5.76. The molecule has 1 saturated heterocycles. The first-order chi connectivity index (χ1) is 8.48. The van der Waals surface area contributed by atoms with Gasteiger partial charge in [0.25, 0.3) is 0 Å². The fourth-order valence-corrected chi connectivity index (χ4v) is 2.16. The summed E-state index contributed by atoms with van der Waals surface area (Å²) in [5, 5.41) is 3.26. The first-order valence-corrected chi connectivity index (χ1v) is 6.04. The van der Waals surface area contributed by atoms with Gasteiger partial charge in [0, 0.05) is 25.8 Å². The lowest BCUT2D eigenvalue weighted by Crippen LogP contribution is -2.29. The SMILES string of the molecule is Cl.FC(F)(F)c1cnc(N2CCCNCC2)c(Cl)c1. The number of halogens is 5. The van der Waals surface area contributed by atoms with E-state index in [-0.39, 0.29) is 17.4 Å². The molecule has 1 aliphatic heterocycles. The molecule has 0 unspecified atom stereocenters. The molecule has 1 aromatic heterocycles. The van der Waals surface area contributed by atoms with E-state index in [1.54, 1.807) is 0 Å². The number of pyridine rings is 1. The maximum atomic E-state index is 12.5. The second-order valence-corrected chi connectivity index (χ2v) is 4.52. The van der Waals surface area contributed by atoms with Crippen molar-refractivity contribution in [1.29, 1.82) is 0 Å². The van der Waals surface area contributed by atoms with Gasteiger partial charge in [-0.2, -0.15) is 13.2 Å². The van der Waals surface area contributed by atoms with Crippen molar-refractivity contribution in [3.8, 4) is 0 Å². The Morgan fingerprint density at radius 2 is 2.00 bits per heavy atom. The largest absolute Gasteiger partial charge is 0.417 e. The van der Waals surface area contributed by atoms with E-state index in [1.807, 2.05) is 4.90 Å². The van der Waals surface area contributed by atoms with Gasteiger partial charge in [0.2, 0.25) is 0 Å². The van der Waals surface area contributed by atoms with Crippen LogP contribution in [0.5, 0.6) is 0 Å². The summed E-state index contributed by atoms with van der Waals surface area (Å²) in [7, 11) is 0. The van der Waals surface area contributed by atoms with E-state index in [0.29, 0.717) is 12.4 Å². The van der Waals surface area contributed by atoms with Crippen molar-refractivity contribution in [2.75, 3.05) is 31.1 Å². The second kappa shape index (κ2) is 6.63. The molecule has 1 aromatic rings. The van der Waals surface area contributed by atoms with Crippen molar-refractivity contribution in [2.45, 2.75) is 12.6 Å². The molecule has 0 radical (unpaired) electrons. The van der Waals surface area contributed by atoms with Crippen LogP contribution in [0.4, 0.5) is 19.0 Å². The van der Waals surface area contributed by atoms with Crippen molar-refractivity contribution >= 4 is 29.8 Å². The molecule has 0 aliphatic carbocycles. The highest BCUT2D eigenvalue weighted by Gasteiger charge is 2.32. The van der Waals surface area contributed by atoms with Gasteiger partial charge in [0.1, 0.15) is 5.82 Å². The molecule has 3 nitrogen and oxygen atoms in total. The van der Waals surface area contributed by atoms with Crippen LogP contribution in [0.15, 0.2) is 12.3 Å². The Morgan fingerprint density at radius 3 is 2.63 bits per heavy atom. The number of hydrogen-bond acceptors (Lipinski definition) is 3. The zero-order valence-electron chi connectivity index (χ0n) is 10.0. The van der Waals surface area contributed by atoms with E-state index >= 15 is 0 Å². The third-order valence-electron chi connectivity index (χ3n) is 2.79. The highest BCUT2D eigenvalue weighted by atomic mass is 35.5. The Hall–Kier alpha value is -0.720. The number of nitrogens with zero attached hydrogens (tertiary/aromatic N) is 2. The van der Waals surface area contributed by atoms with Crippen LogP contribution in [-0.4, -0.2) is 31.2 Å². The lowest BCUT2D eigenvalue weighted by molar-refractivity contribution is -0.137. The van der Waals surface area contributed by atoms with Crippen molar-refractivity contribution in [1.82, 2.24) is 10.3 Å². The summed E-state index contributed by atoms with van der Waals surface area (Å²) >= 11 is 5.90. The average Bonchev–Trinajstić information content (AvgIpc) is 2.56. The molecule has 8 heteroatoms. The van der Waals surface area contributed by atoms with Crippen LogP contribution in [0.1, 0.15) is 12.0 Å². The monoisotopic (exact) mass is 315 g/mol. The van der Waals surface area contributed by atoms with Crippen LogP contribution >= 0.6 is 24.0 Å². The summed E-state index contributed by atoms with van der Waals surface area (Å²) in [5.74, 6) is 0.424. The van der Waals surface area contributed by atoms with Gasteiger partial charge in [-0.25, -0.2) is 4.98 Å². The lowest BCUT2D eigenvalue weighted by atomic mass is 10.2. The van der Waals surface area contributed by atoms with Gasteiger partial charge < -0.3 is 10.2 Å². The van der Waals surface area contributed by atoms with Crippen LogP contribution < -0.4 is 10.2 Å². The lowest BCUT2D eigenvalue weighted by Gasteiger charge is -2.22. The van der Waals surface area contributed by atoms with E-state index in [4.69, 9.17) is 11.6 Å². The molecule has 1 N–H and O–H groups in total. The molecule has 2 rings (SSSR count). The van der Waals surface area contributed by atoms with Crippen molar-refractivity contribution < 1.29 is 13.2 Å². The summed E-state index contributed by atoms with van der Waals surface area (Å²) in [6, 6.07) is 0.933. The summed E-state index contributed by atoms with van der Waals surface area (Å²) in [5.41, 5.74) is -0.816. The Labute approximate surface area is 120 Å². The minimum atomic E-state index is -4.41. The van der Waals surface area contributed by atoms with E-state index < -0.39 is 11.7 Å². The van der Waals surface area contributed by atoms with Crippen molar-refractivity contribution in [3.05, 3.63) is 22.8 Å². The predicted molar refractivity (Wildman–Crippen MR) is 71.2 cm³/mol. The van der Waals surface area contributed by atoms with E-state index in [0.717, 1.165) is 38.3 Å². The van der Waals surface area contributed by atoms with Crippen LogP contribution in [0, 0.1) is 0 Å². The summed E-state index contributed by atoms with van der Waals surface area (Å²) < 4.78 is 37.5. The van der Waals surface area contributed by atoms with E-state index in [1.165, 1.54) is 0 Å². The third-order valence-corrected chi connectivity index (χ3v) is 3.07. The molecule has 1 fully saturated rings. The van der Waals surface area contributed by atoms with Crippen LogP contribution in [0.2, 0.25) is 5.02 Å². The van der Waals surface area contributed by atoms with Gasteiger partial charge in [-0.3, -0.25) is 0 Å². The molecule has 2 heterocycles. The molecule has 0 atom stereocenters. The number of rotatable bonds is 1. The first-order valence-electron chi connectivity index (χ1n) is 5.67. The molecular weight excluding hydrogens is 302 g/mol. The fraction of sp³-hybridized carbons (Fsp3) is 0.545. The molecule has 0 aromatic carbocycles. The zero-order valence-corrected chi connectivity index (χ0v) is 11.6. The van der Waals surface area contributed by atoms with Crippen LogP contribution in [0.3, 0.4) is 0 Å². The molecule has 0 amide bonds. The number of anilines is 1. The fourth-order valence-electron chi connectivity index (χ4n) is 1.88. The van der Waals surface area contributed by atoms with Crippen LogP contribution in [0.25, 0.3) is 0 Å². The Balaban J connectivity index is 0.00000180. The minimum absolute atomic E-state index is 0. The second-order valence-electron chi connectivity index (χ2n) is 4.12. The molecule has 0 saturated carbocycles. The van der Waals surface area contributed by atoms with Gasteiger partial charge in [-0.1, -0.05) is 11.6 Å². The van der Waals surface area contributed by atoms with Gasteiger partial charge in [0.15, 0.2) is 0 Å². The smallest absolute Gasteiger partial charge is 0.354 e. The highest BCUT2D eigenvalue weighted by Crippen LogP contribution is 2.33. The Kier molecular flexibility index (Phi) is 5.70. The molecule has 0 spiro atoms. The molecule has 1 aliphatic rings. The molecular formula is C11H14Cl2F3N3. The number of alkyl halides is 3. The number of nitrogens with one attached hydrogen (secondary N) is 1. The Morgan fingerprint density at radius 1 is 1.26 bits per heavy atom. The quantitative estimate of drug-likeness (QED) is 0.863. The van der Waals surface area contributed by atoms with E-state index in [2.05, 4.69) is 10.3 Å². The molecule has 0 bridgehead atoms. The third kappa shape index (κ3) is 4.12. The van der Waals surface area contributed by atoms with Gasteiger partial charge in [-0.15, -0.1) is 12.4 Å². The zero-order chi connectivity index (χ0) is 13.2. The Bertz CT molecular complexity index is 418. The maximum Gasteiger partial charge on any atom is 0.417 e. The number of aromatic nitrogens is 1. The van der Waals surface area contributed by atoms with Gasteiger partial charge >= 0.3 is 6.18 Å². The average molecular weight is 316 g/mol. The van der Waals surface area contributed by atoms with Gasteiger partial charge in [-0.05, 0) is 19.0 Å². The van der Waals surface area contributed by atoms with Crippen molar-refractivity contribution in [3.63, 3.8) is 0 Å². The topological polar surface area (TPSA) is 28.2 Å². The molecule has 108 valence electrons. The first kappa shape index (κ1) is 16.3. The van der Waals surface area contributed by atoms with Gasteiger partial charge in [0.05, 0.1) is 10.6 Å². The molecule has 19 heavy (non-hydrogen) atoms. The standard InChI is InChI=1S/C11H13ClF3N3.ClH/c12-9-6-8(11(13,14)15)7-17-10(9)18-4-1-2-16-3-5-18;/h6-7,16H,1-5H2;1H. The minimum Gasteiger partial charge on any atom is -0.354 e. The van der Waals surface area contributed by atoms with Crippen molar-refractivity contribution in [2.24, 2.45) is 0 Å². The summed E-state index contributed by atoms with van der Waals surface area (Å²) in [6.07, 6.45) is -2.66.